The van der Waals surface area contributed by atoms with Crippen LogP contribution in [-0.4, -0.2) is 38.6 Å². The third kappa shape index (κ3) is 3.37. The molecule has 2 heterocycles. The summed E-state index contributed by atoms with van der Waals surface area (Å²) >= 11 is 1.39. The van der Waals surface area contributed by atoms with E-state index >= 15 is 0 Å². The number of allylic oxidation sites excluding steroid dienone is 1. The number of carbonyl (C=O) groups excluding carboxylic acids is 1. The van der Waals surface area contributed by atoms with Crippen LogP contribution in [0.15, 0.2) is 41.9 Å². The lowest BCUT2D eigenvalue weighted by atomic mass is 10.1. The fourth-order valence-corrected chi connectivity index (χ4v) is 4.25. The Kier molecular flexibility index (Phi) is 5.37. The Morgan fingerprint density at radius 1 is 1.13 bits per heavy atom. The van der Waals surface area contributed by atoms with Crippen molar-refractivity contribution >= 4 is 27.5 Å². The summed E-state index contributed by atoms with van der Waals surface area (Å²) in [6.45, 7) is 4.50. The van der Waals surface area contributed by atoms with E-state index in [1.54, 1.807) is 18.2 Å². The lowest BCUT2D eigenvalue weighted by Gasteiger charge is -2.12. The van der Waals surface area contributed by atoms with Crippen molar-refractivity contribution < 1.29 is 28.5 Å². The molecule has 156 valence electrons. The van der Waals surface area contributed by atoms with E-state index < -0.39 is 5.91 Å². The van der Waals surface area contributed by atoms with E-state index in [9.17, 15) is 4.79 Å². The van der Waals surface area contributed by atoms with E-state index in [0.29, 0.717) is 45.7 Å². The molecule has 0 radical (unpaired) electrons. The van der Waals surface area contributed by atoms with E-state index in [-0.39, 0.29) is 6.79 Å². The molecule has 1 aliphatic heterocycles. The zero-order valence-corrected chi connectivity index (χ0v) is 17.6. The number of amides is 1. The van der Waals surface area contributed by atoms with Crippen LogP contribution in [-0.2, 0) is 6.54 Å². The van der Waals surface area contributed by atoms with Gasteiger partial charge in [0.2, 0.25) is 12.5 Å². The maximum atomic E-state index is 13.0. The van der Waals surface area contributed by atoms with Gasteiger partial charge in [0.05, 0.1) is 31.5 Å². The first kappa shape index (κ1) is 19.8. The highest BCUT2D eigenvalue weighted by molar-refractivity contribution is 7.16. The number of rotatable bonds is 6. The molecule has 1 amide bonds. The number of aromatic nitrogens is 1. The van der Waals surface area contributed by atoms with Crippen molar-refractivity contribution in [3.05, 3.63) is 47.3 Å². The molecule has 0 fully saturated rings. The topological polar surface area (TPSA) is 80.5 Å². The van der Waals surface area contributed by atoms with E-state index in [0.717, 1.165) is 10.2 Å². The molecule has 1 aromatic heterocycles. The minimum absolute atomic E-state index is 0.199. The van der Waals surface area contributed by atoms with Crippen molar-refractivity contribution in [2.24, 2.45) is 4.99 Å². The lowest BCUT2D eigenvalue weighted by molar-refractivity contribution is 0.0997. The number of carbonyl (C=O) groups is 1. The Bertz CT molecular complexity index is 1190. The minimum Gasteiger partial charge on any atom is -0.493 e. The maximum Gasteiger partial charge on any atom is 0.279 e. The van der Waals surface area contributed by atoms with Gasteiger partial charge in [-0.05, 0) is 12.1 Å². The summed E-state index contributed by atoms with van der Waals surface area (Å²) in [4.78, 5) is 17.9. The summed E-state index contributed by atoms with van der Waals surface area (Å²) in [7, 11) is 4.50. The third-order valence-corrected chi connectivity index (χ3v) is 5.64. The lowest BCUT2D eigenvalue weighted by Crippen LogP contribution is -2.16. The number of nitrogens with zero attached hydrogens (tertiary/aromatic N) is 2. The van der Waals surface area contributed by atoms with Crippen molar-refractivity contribution in [3.63, 3.8) is 0 Å². The van der Waals surface area contributed by atoms with Gasteiger partial charge in [0, 0.05) is 24.2 Å². The van der Waals surface area contributed by atoms with Crippen molar-refractivity contribution in [3.8, 4) is 28.7 Å². The molecular weight excluding hydrogens is 408 g/mol. The number of hydrogen-bond acceptors (Lipinski definition) is 7. The van der Waals surface area contributed by atoms with Gasteiger partial charge in [0.25, 0.3) is 5.91 Å². The molecule has 0 N–H and O–H groups in total. The highest BCUT2D eigenvalue weighted by Crippen LogP contribution is 2.39. The van der Waals surface area contributed by atoms with Crippen LogP contribution in [0.4, 0.5) is 0 Å². The monoisotopic (exact) mass is 428 g/mol. The van der Waals surface area contributed by atoms with E-state index in [1.165, 1.54) is 32.7 Å². The second-order valence-electron chi connectivity index (χ2n) is 6.29. The molecule has 9 heteroatoms. The van der Waals surface area contributed by atoms with Gasteiger partial charge in [-0.2, -0.15) is 4.99 Å². The van der Waals surface area contributed by atoms with Gasteiger partial charge < -0.3 is 28.3 Å². The van der Waals surface area contributed by atoms with Gasteiger partial charge >= 0.3 is 0 Å². The van der Waals surface area contributed by atoms with Gasteiger partial charge in [-0.3, -0.25) is 4.79 Å². The average molecular weight is 428 g/mol. The van der Waals surface area contributed by atoms with Gasteiger partial charge in [0.1, 0.15) is 0 Å². The molecular formula is C21H20N2O6S. The fraction of sp³-hybridized carbons (Fsp3) is 0.238. The number of fused-ring (bicyclic) bond motifs is 2. The van der Waals surface area contributed by atoms with Gasteiger partial charge in [-0.15, -0.1) is 6.58 Å². The van der Waals surface area contributed by atoms with Gasteiger partial charge in [-0.25, -0.2) is 0 Å². The molecule has 4 rings (SSSR count). The van der Waals surface area contributed by atoms with Crippen LogP contribution < -0.4 is 28.5 Å². The normalized spacial score (nSPS) is 12.8. The largest absolute Gasteiger partial charge is 0.493 e. The summed E-state index contributed by atoms with van der Waals surface area (Å²) in [6, 6.07) is 6.94. The quantitative estimate of drug-likeness (QED) is 0.560. The first-order chi connectivity index (χ1) is 14.6. The molecule has 2 aromatic carbocycles. The van der Waals surface area contributed by atoms with Crippen molar-refractivity contribution in [2.75, 3.05) is 28.1 Å². The SMILES string of the molecule is C=CCn1c(=NC(=O)c2cc(OC)c(OC)c(OC)c2)sc2cc3c(cc21)OCO3. The summed E-state index contributed by atoms with van der Waals surface area (Å²) in [5.74, 6) is 2.10. The molecule has 0 atom stereocenters. The number of benzene rings is 2. The predicted octanol–water partition coefficient (Wildman–Crippen LogP) is 3.38. The van der Waals surface area contributed by atoms with Crippen LogP contribution in [0, 0.1) is 0 Å². The first-order valence-electron chi connectivity index (χ1n) is 9.02. The number of ether oxygens (including phenoxy) is 5. The second-order valence-corrected chi connectivity index (χ2v) is 7.30. The Morgan fingerprint density at radius 2 is 1.80 bits per heavy atom. The molecule has 0 spiro atoms. The van der Waals surface area contributed by atoms with Gasteiger partial charge in [0.15, 0.2) is 27.8 Å². The van der Waals surface area contributed by atoms with E-state index in [4.69, 9.17) is 23.7 Å². The highest BCUT2D eigenvalue weighted by atomic mass is 32.1. The minimum atomic E-state index is -0.432. The molecule has 8 nitrogen and oxygen atoms in total. The molecule has 0 aliphatic carbocycles. The van der Waals surface area contributed by atoms with E-state index in [2.05, 4.69) is 11.6 Å². The summed E-state index contributed by atoms with van der Waals surface area (Å²) in [6.07, 6.45) is 1.75. The zero-order chi connectivity index (χ0) is 21.3. The van der Waals surface area contributed by atoms with Gasteiger partial charge in [-0.1, -0.05) is 17.4 Å². The third-order valence-electron chi connectivity index (χ3n) is 4.60. The summed E-state index contributed by atoms with van der Waals surface area (Å²) in [5.41, 5.74) is 1.21. The highest BCUT2D eigenvalue weighted by Gasteiger charge is 2.19. The van der Waals surface area contributed by atoms with Crippen LogP contribution in [0.2, 0.25) is 0 Å². The zero-order valence-electron chi connectivity index (χ0n) is 16.8. The molecule has 0 saturated heterocycles. The Hall–Kier alpha value is -3.46. The molecule has 3 aromatic rings. The second kappa shape index (κ2) is 8.11. The predicted molar refractivity (Wildman–Crippen MR) is 112 cm³/mol. The molecule has 0 bridgehead atoms. The van der Waals surface area contributed by atoms with Crippen LogP contribution >= 0.6 is 11.3 Å². The van der Waals surface area contributed by atoms with Crippen LogP contribution in [0.25, 0.3) is 10.2 Å². The van der Waals surface area contributed by atoms with Crippen molar-refractivity contribution in [2.45, 2.75) is 6.54 Å². The maximum absolute atomic E-state index is 13.0. The standard InChI is InChI=1S/C21H20N2O6S/c1-5-6-23-13-9-14-15(29-11-28-14)10-18(13)30-21(23)22-20(24)12-7-16(25-2)19(27-4)17(8-12)26-3/h5,7-10H,1,6,11H2,2-4H3. The van der Waals surface area contributed by atoms with E-state index in [1.807, 2.05) is 16.7 Å². The molecule has 30 heavy (non-hydrogen) atoms. The van der Waals surface area contributed by atoms with Crippen molar-refractivity contribution in [1.29, 1.82) is 0 Å². The van der Waals surface area contributed by atoms with Crippen molar-refractivity contribution in [1.82, 2.24) is 4.57 Å². The fourth-order valence-electron chi connectivity index (χ4n) is 3.21. The van der Waals surface area contributed by atoms with Crippen LogP contribution in [0.3, 0.4) is 0 Å². The number of hydrogen-bond donors (Lipinski definition) is 0. The first-order valence-corrected chi connectivity index (χ1v) is 9.84. The molecule has 0 unspecified atom stereocenters. The molecule has 0 saturated carbocycles. The summed E-state index contributed by atoms with van der Waals surface area (Å²) in [5, 5.41) is 0. The Morgan fingerprint density at radius 3 is 2.40 bits per heavy atom. The number of methoxy groups -OCH3 is 3. The van der Waals surface area contributed by atoms with Crippen LogP contribution in [0.1, 0.15) is 10.4 Å². The number of thiazole rings is 1. The Labute approximate surface area is 176 Å². The van der Waals surface area contributed by atoms with Crippen LogP contribution in [0.5, 0.6) is 28.7 Å². The Balaban J connectivity index is 1.84. The smallest absolute Gasteiger partial charge is 0.279 e. The average Bonchev–Trinajstić information content (AvgIpc) is 3.35. The molecule has 1 aliphatic rings. The summed E-state index contributed by atoms with van der Waals surface area (Å²) < 4.78 is 29.7.